The summed E-state index contributed by atoms with van der Waals surface area (Å²) in [5.41, 5.74) is 4.77. The summed E-state index contributed by atoms with van der Waals surface area (Å²) in [5, 5.41) is 32.2. The standard InChI is InChI=1S/C29H46O3/c1-17-7-8-19-11-13-28(5)20(24(19)18(17)2)9-10-23-26(3)15-21(31)25(32)27(4,16-30)22(26)12-14-29(23,28)6/h9,17-18,21-23,25,30-32H,7-8,10-16H2,1-6H3. The van der Waals surface area contributed by atoms with Crippen LogP contribution in [0, 0.1) is 45.3 Å². The maximum Gasteiger partial charge on any atom is 0.0877 e. The molecule has 2 fully saturated rings. The van der Waals surface area contributed by atoms with Crippen molar-refractivity contribution < 1.29 is 15.3 Å². The Kier molecular flexibility index (Phi) is 5.19. The first-order valence-electron chi connectivity index (χ1n) is 13.3. The zero-order chi connectivity index (χ0) is 23.3. The van der Waals surface area contributed by atoms with Gasteiger partial charge in [0.2, 0.25) is 0 Å². The number of aliphatic hydroxyl groups excluding tert-OH is 3. The second kappa shape index (κ2) is 7.18. The molecule has 2 saturated carbocycles. The van der Waals surface area contributed by atoms with Crippen LogP contribution in [0.1, 0.15) is 92.9 Å². The van der Waals surface area contributed by atoms with E-state index in [0.717, 1.165) is 25.2 Å². The summed E-state index contributed by atoms with van der Waals surface area (Å²) in [6, 6.07) is 0. The predicted molar refractivity (Wildman–Crippen MR) is 129 cm³/mol. The van der Waals surface area contributed by atoms with E-state index in [1.54, 1.807) is 16.7 Å². The monoisotopic (exact) mass is 442 g/mol. The zero-order valence-corrected chi connectivity index (χ0v) is 21.2. The largest absolute Gasteiger partial charge is 0.396 e. The van der Waals surface area contributed by atoms with Gasteiger partial charge in [-0.1, -0.05) is 53.2 Å². The third kappa shape index (κ3) is 2.65. The van der Waals surface area contributed by atoms with Gasteiger partial charge in [-0.15, -0.1) is 0 Å². The molecule has 10 atom stereocenters. The summed E-state index contributed by atoms with van der Waals surface area (Å²) in [4.78, 5) is 0. The van der Waals surface area contributed by atoms with Crippen LogP contribution in [0.3, 0.4) is 0 Å². The molecule has 5 aliphatic carbocycles. The maximum absolute atomic E-state index is 11.0. The van der Waals surface area contributed by atoms with Crippen LogP contribution in [-0.2, 0) is 0 Å². The molecule has 0 radical (unpaired) electrons. The van der Waals surface area contributed by atoms with E-state index in [0.29, 0.717) is 18.3 Å². The Hall–Kier alpha value is -0.640. The molecule has 0 heterocycles. The quantitative estimate of drug-likeness (QED) is 0.492. The molecule has 0 amide bonds. The van der Waals surface area contributed by atoms with Crippen molar-refractivity contribution in [1.29, 1.82) is 0 Å². The lowest BCUT2D eigenvalue weighted by molar-refractivity contribution is -0.239. The summed E-state index contributed by atoms with van der Waals surface area (Å²) in [7, 11) is 0. The first-order chi connectivity index (χ1) is 14.9. The molecular weight excluding hydrogens is 396 g/mol. The summed E-state index contributed by atoms with van der Waals surface area (Å²) >= 11 is 0. The van der Waals surface area contributed by atoms with Gasteiger partial charge in [-0.2, -0.15) is 0 Å². The predicted octanol–water partition coefficient (Wildman–Crippen LogP) is 5.64. The van der Waals surface area contributed by atoms with E-state index in [2.05, 4.69) is 40.7 Å². The van der Waals surface area contributed by atoms with Gasteiger partial charge >= 0.3 is 0 Å². The van der Waals surface area contributed by atoms with Crippen molar-refractivity contribution in [2.24, 2.45) is 45.3 Å². The van der Waals surface area contributed by atoms with Crippen LogP contribution in [0.5, 0.6) is 0 Å². The summed E-state index contributed by atoms with van der Waals surface area (Å²) < 4.78 is 0. The first-order valence-corrected chi connectivity index (χ1v) is 13.3. The second-order valence-corrected chi connectivity index (χ2v) is 13.5. The molecule has 3 heteroatoms. The molecule has 5 aliphatic rings. The van der Waals surface area contributed by atoms with Crippen LogP contribution in [0.2, 0.25) is 0 Å². The van der Waals surface area contributed by atoms with Gasteiger partial charge < -0.3 is 15.3 Å². The Morgan fingerprint density at radius 2 is 1.69 bits per heavy atom. The van der Waals surface area contributed by atoms with Crippen molar-refractivity contribution >= 4 is 0 Å². The number of allylic oxidation sites excluding steroid dienone is 4. The van der Waals surface area contributed by atoms with E-state index in [-0.39, 0.29) is 28.8 Å². The molecule has 0 aromatic rings. The highest BCUT2D eigenvalue weighted by Gasteiger charge is 2.68. The van der Waals surface area contributed by atoms with Gasteiger partial charge in [0, 0.05) is 5.41 Å². The highest BCUT2D eigenvalue weighted by atomic mass is 16.3. The fraction of sp³-hybridized carbons (Fsp3) is 0.862. The van der Waals surface area contributed by atoms with Crippen LogP contribution >= 0.6 is 0 Å². The van der Waals surface area contributed by atoms with Crippen LogP contribution in [0.4, 0.5) is 0 Å². The Balaban J connectivity index is 1.61. The van der Waals surface area contributed by atoms with E-state index in [4.69, 9.17) is 0 Å². The van der Waals surface area contributed by atoms with Gasteiger partial charge in [0.15, 0.2) is 0 Å². The second-order valence-electron chi connectivity index (χ2n) is 13.5. The van der Waals surface area contributed by atoms with Gasteiger partial charge in [0.25, 0.3) is 0 Å². The summed E-state index contributed by atoms with van der Waals surface area (Å²) in [6.45, 7) is 14.4. The number of fused-ring (bicyclic) bond motifs is 6. The maximum atomic E-state index is 11.0. The third-order valence-electron chi connectivity index (χ3n) is 12.4. The minimum Gasteiger partial charge on any atom is -0.396 e. The summed E-state index contributed by atoms with van der Waals surface area (Å²) in [6.07, 6.45) is 10.0. The van der Waals surface area contributed by atoms with Gasteiger partial charge in [-0.05, 0) is 102 Å². The van der Waals surface area contributed by atoms with E-state index < -0.39 is 17.6 Å². The smallest absolute Gasteiger partial charge is 0.0877 e. The van der Waals surface area contributed by atoms with Crippen LogP contribution in [0.25, 0.3) is 0 Å². The van der Waals surface area contributed by atoms with E-state index >= 15 is 0 Å². The topological polar surface area (TPSA) is 60.7 Å². The Bertz CT molecular complexity index is 858. The number of rotatable bonds is 1. The highest BCUT2D eigenvalue weighted by Crippen LogP contribution is 2.73. The fourth-order valence-electron chi connectivity index (χ4n) is 9.97. The Morgan fingerprint density at radius 3 is 2.38 bits per heavy atom. The lowest BCUT2D eigenvalue weighted by atomic mass is 9.35. The van der Waals surface area contributed by atoms with Crippen molar-refractivity contribution in [3.8, 4) is 0 Å². The molecule has 180 valence electrons. The van der Waals surface area contributed by atoms with E-state index in [9.17, 15) is 15.3 Å². The van der Waals surface area contributed by atoms with Crippen molar-refractivity contribution in [3.63, 3.8) is 0 Å². The Labute approximate surface area is 195 Å². The van der Waals surface area contributed by atoms with Crippen LogP contribution in [0.15, 0.2) is 22.8 Å². The molecule has 10 unspecified atom stereocenters. The molecule has 0 saturated heterocycles. The van der Waals surface area contributed by atoms with Crippen LogP contribution < -0.4 is 0 Å². The number of aliphatic hydroxyl groups is 3. The minimum absolute atomic E-state index is 0.0566. The number of hydrogen-bond acceptors (Lipinski definition) is 3. The van der Waals surface area contributed by atoms with Gasteiger partial charge in [-0.25, -0.2) is 0 Å². The number of hydrogen-bond donors (Lipinski definition) is 3. The molecule has 3 nitrogen and oxygen atoms in total. The fourth-order valence-corrected chi connectivity index (χ4v) is 9.97. The first kappa shape index (κ1) is 23.1. The molecule has 0 aromatic carbocycles. The molecule has 0 spiro atoms. The van der Waals surface area contributed by atoms with Crippen molar-refractivity contribution in [1.82, 2.24) is 0 Å². The molecule has 0 aliphatic heterocycles. The minimum atomic E-state index is -0.841. The SMILES string of the molecule is CC1CCC2=C(C3=CCC4C5(C)CC(O)C(O)C(C)(CO)C5CCC4(C)C3(C)CC2)C1C. The average Bonchev–Trinajstić information content (AvgIpc) is 2.75. The van der Waals surface area contributed by atoms with Gasteiger partial charge in [0.05, 0.1) is 18.8 Å². The normalized spacial score (nSPS) is 55.3. The molecular formula is C29H46O3. The van der Waals surface area contributed by atoms with Crippen molar-refractivity contribution in [3.05, 3.63) is 22.8 Å². The van der Waals surface area contributed by atoms with Crippen LogP contribution in [-0.4, -0.2) is 34.1 Å². The van der Waals surface area contributed by atoms with Crippen molar-refractivity contribution in [2.45, 2.75) is 105 Å². The molecule has 32 heavy (non-hydrogen) atoms. The lowest BCUT2D eigenvalue weighted by Crippen LogP contribution is -2.67. The highest BCUT2D eigenvalue weighted by molar-refractivity contribution is 5.49. The molecule has 5 rings (SSSR count). The van der Waals surface area contributed by atoms with E-state index in [1.165, 1.54) is 25.7 Å². The lowest BCUT2D eigenvalue weighted by Gasteiger charge is -2.70. The zero-order valence-electron chi connectivity index (χ0n) is 21.2. The Morgan fingerprint density at radius 1 is 0.969 bits per heavy atom. The molecule has 3 N–H and O–H groups in total. The van der Waals surface area contributed by atoms with E-state index in [1.807, 2.05) is 6.92 Å². The van der Waals surface area contributed by atoms with Gasteiger partial charge in [-0.3, -0.25) is 0 Å². The molecule has 0 aromatic heterocycles. The summed E-state index contributed by atoms with van der Waals surface area (Å²) in [5.74, 6) is 2.12. The van der Waals surface area contributed by atoms with Gasteiger partial charge in [0.1, 0.15) is 0 Å². The average molecular weight is 443 g/mol. The molecule has 0 bridgehead atoms. The van der Waals surface area contributed by atoms with Crippen molar-refractivity contribution in [2.75, 3.05) is 6.61 Å². The third-order valence-corrected chi connectivity index (χ3v) is 12.4.